The maximum atomic E-state index is 12.0. The molecule has 38 heavy (non-hydrogen) atoms. The number of aromatic nitrogens is 5. The number of benzene rings is 1. The Labute approximate surface area is 221 Å². The predicted octanol–water partition coefficient (Wildman–Crippen LogP) is 2.64. The summed E-state index contributed by atoms with van der Waals surface area (Å²) in [5, 5.41) is 12.4. The highest BCUT2D eigenvalue weighted by molar-refractivity contribution is 5.81. The van der Waals surface area contributed by atoms with Gasteiger partial charge in [-0.05, 0) is 48.9 Å². The predicted molar refractivity (Wildman–Crippen MR) is 146 cm³/mol. The number of anilines is 4. The molecule has 4 aromatic rings. The minimum absolute atomic E-state index is 0.0226. The average molecular weight is 511 g/mol. The molecule has 0 bridgehead atoms. The van der Waals surface area contributed by atoms with E-state index < -0.39 is 0 Å². The summed E-state index contributed by atoms with van der Waals surface area (Å²) in [5.74, 6) is 2.24. The van der Waals surface area contributed by atoms with E-state index in [0.717, 1.165) is 31.0 Å². The lowest BCUT2D eigenvalue weighted by Crippen LogP contribution is -2.56. The van der Waals surface area contributed by atoms with Gasteiger partial charge in [-0.3, -0.25) is 9.69 Å². The van der Waals surface area contributed by atoms with Crippen molar-refractivity contribution in [2.75, 3.05) is 37.3 Å². The first-order chi connectivity index (χ1) is 18.6. The third kappa shape index (κ3) is 6.44. The lowest BCUT2D eigenvalue weighted by molar-refractivity contribution is -0.123. The average Bonchev–Trinajstić information content (AvgIpc) is 2.94. The molecule has 194 valence electrons. The fourth-order valence-electron chi connectivity index (χ4n) is 4.22. The Hall–Kier alpha value is -4.48. The van der Waals surface area contributed by atoms with E-state index in [2.05, 4.69) is 63.2 Å². The first-order valence-electron chi connectivity index (χ1n) is 12.5. The third-order valence-corrected chi connectivity index (χ3v) is 6.12. The number of aryl methyl sites for hydroxylation is 1. The monoisotopic (exact) mass is 510 g/mol. The number of likely N-dealkylation sites (N-methyl/N-ethyl adjacent to an activating group) is 1. The molecule has 0 saturated carbocycles. The topological polar surface area (TPSA) is 133 Å². The summed E-state index contributed by atoms with van der Waals surface area (Å²) in [5.41, 5.74) is 3.67. The van der Waals surface area contributed by atoms with Crippen molar-refractivity contribution in [1.82, 2.24) is 40.5 Å². The number of nitrogens with zero attached hydrogens (tertiary/aromatic N) is 6. The van der Waals surface area contributed by atoms with Crippen molar-refractivity contribution >= 4 is 29.2 Å². The van der Waals surface area contributed by atoms with E-state index >= 15 is 0 Å². The van der Waals surface area contributed by atoms with Crippen LogP contribution in [0.1, 0.15) is 11.3 Å². The summed E-state index contributed by atoms with van der Waals surface area (Å²) in [4.78, 5) is 36.6. The van der Waals surface area contributed by atoms with E-state index in [9.17, 15) is 4.79 Å². The fourth-order valence-corrected chi connectivity index (χ4v) is 4.22. The molecule has 11 nitrogen and oxygen atoms in total. The first kappa shape index (κ1) is 25.2. The summed E-state index contributed by atoms with van der Waals surface area (Å²) in [6.07, 6.45) is 3.37. The Bertz CT molecular complexity index is 1390. The summed E-state index contributed by atoms with van der Waals surface area (Å²) >= 11 is 0. The normalized spacial score (nSPS) is 15.6. The van der Waals surface area contributed by atoms with Crippen molar-refractivity contribution in [3.05, 3.63) is 78.2 Å². The molecule has 4 heterocycles. The van der Waals surface area contributed by atoms with Crippen LogP contribution < -0.4 is 21.3 Å². The van der Waals surface area contributed by atoms with Crippen molar-refractivity contribution < 1.29 is 4.79 Å². The van der Waals surface area contributed by atoms with Crippen LogP contribution in [0.25, 0.3) is 11.5 Å². The van der Waals surface area contributed by atoms with Crippen molar-refractivity contribution in [1.29, 1.82) is 0 Å². The van der Waals surface area contributed by atoms with Crippen molar-refractivity contribution in [3.63, 3.8) is 0 Å². The quantitative estimate of drug-likeness (QED) is 0.280. The number of hydrogen-bond acceptors (Lipinski definition) is 10. The minimum atomic E-state index is -0.180. The lowest BCUT2D eigenvalue weighted by atomic mass is 10.1. The number of amides is 1. The second-order valence-electron chi connectivity index (χ2n) is 9.00. The van der Waals surface area contributed by atoms with Gasteiger partial charge in [0.05, 0.1) is 6.04 Å². The summed E-state index contributed by atoms with van der Waals surface area (Å²) in [6.45, 7) is 5.09. The van der Waals surface area contributed by atoms with Gasteiger partial charge in [0.15, 0.2) is 5.82 Å². The van der Waals surface area contributed by atoms with Crippen molar-refractivity contribution in [2.24, 2.45) is 0 Å². The zero-order chi connectivity index (χ0) is 26.3. The Morgan fingerprint density at radius 2 is 1.76 bits per heavy atom. The molecule has 3 aromatic heterocycles. The van der Waals surface area contributed by atoms with Crippen LogP contribution >= 0.6 is 0 Å². The Morgan fingerprint density at radius 1 is 0.974 bits per heavy atom. The van der Waals surface area contributed by atoms with Crippen LogP contribution in [0.15, 0.2) is 67.0 Å². The standard InChI is InChI=1S/C27H30N10O/c1-18-4-3-5-21(32-18)25-30-12-10-23(35-25)34-24-11-13-31-27(36-24)33-20-8-6-19(7-9-20)16-37-15-14-29-22(17-37)26(38)28-2/h3-13,22,29H,14-17H2,1-2H3,(H,28,38)(H2,30,31,33,34,35,36)/t22-/m1/s1. The molecule has 1 aromatic carbocycles. The molecule has 1 atom stereocenters. The van der Waals surface area contributed by atoms with Crippen LogP contribution in [0, 0.1) is 6.92 Å². The summed E-state index contributed by atoms with van der Waals surface area (Å²) in [6, 6.07) is 17.3. The van der Waals surface area contributed by atoms with Crippen LogP contribution in [0.3, 0.4) is 0 Å². The molecule has 0 spiro atoms. The molecular formula is C27H30N10O. The maximum Gasteiger partial charge on any atom is 0.238 e. The van der Waals surface area contributed by atoms with E-state index in [1.807, 2.05) is 37.3 Å². The van der Waals surface area contributed by atoms with Gasteiger partial charge < -0.3 is 21.3 Å². The molecule has 0 unspecified atom stereocenters. The van der Waals surface area contributed by atoms with Gasteiger partial charge >= 0.3 is 0 Å². The van der Waals surface area contributed by atoms with E-state index in [1.165, 1.54) is 5.56 Å². The van der Waals surface area contributed by atoms with Gasteiger partial charge in [0.2, 0.25) is 11.9 Å². The van der Waals surface area contributed by atoms with Crippen LogP contribution in [0.2, 0.25) is 0 Å². The Kier molecular flexibility index (Phi) is 7.76. The van der Waals surface area contributed by atoms with Crippen LogP contribution in [0.5, 0.6) is 0 Å². The summed E-state index contributed by atoms with van der Waals surface area (Å²) < 4.78 is 0. The van der Waals surface area contributed by atoms with E-state index in [0.29, 0.717) is 35.6 Å². The SMILES string of the molecule is CNC(=O)[C@H]1CN(Cc2ccc(Nc3nccc(Nc4ccnc(-c5cccc(C)n5)n4)n3)cc2)CCN1. The largest absolute Gasteiger partial charge is 0.358 e. The second-order valence-corrected chi connectivity index (χ2v) is 9.00. The molecule has 11 heteroatoms. The molecule has 0 radical (unpaired) electrons. The second kappa shape index (κ2) is 11.7. The van der Waals surface area contributed by atoms with E-state index in [-0.39, 0.29) is 11.9 Å². The highest BCUT2D eigenvalue weighted by Gasteiger charge is 2.24. The lowest BCUT2D eigenvalue weighted by Gasteiger charge is -2.32. The summed E-state index contributed by atoms with van der Waals surface area (Å²) in [7, 11) is 1.67. The zero-order valence-electron chi connectivity index (χ0n) is 21.3. The third-order valence-electron chi connectivity index (χ3n) is 6.12. The van der Waals surface area contributed by atoms with Gasteiger partial charge in [-0.2, -0.15) is 4.98 Å². The Morgan fingerprint density at radius 3 is 2.55 bits per heavy atom. The highest BCUT2D eigenvalue weighted by atomic mass is 16.2. The molecule has 1 saturated heterocycles. The van der Waals surface area contributed by atoms with Gasteiger partial charge in [0, 0.05) is 57.0 Å². The molecular weight excluding hydrogens is 480 g/mol. The van der Waals surface area contributed by atoms with Gasteiger partial charge in [-0.25, -0.2) is 19.9 Å². The van der Waals surface area contributed by atoms with Gasteiger partial charge in [-0.15, -0.1) is 0 Å². The van der Waals surface area contributed by atoms with Crippen molar-refractivity contribution in [2.45, 2.75) is 19.5 Å². The zero-order valence-corrected chi connectivity index (χ0v) is 21.3. The Balaban J connectivity index is 1.20. The van der Waals surface area contributed by atoms with E-state index in [4.69, 9.17) is 0 Å². The molecule has 1 aliphatic rings. The number of carbonyl (C=O) groups is 1. The van der Waals surface area contributed by atoms with Crippen molar-refractivity contribution in [3.8, 4) is 11.5 Å². The smallest absolute Gasteiger partial charge is 0.238 e. The fraction of sp³-hybridized carbons (Fsp3) is 0.259. The van der Waals surface area contributed by atoms with Gasteiger partial charge in [-0.1, -0.05) is 18.2 Å². The highest BCUT2D eigenvalue weighted by Crippen LogP contribution is 2.20. The van der Waals surface area contributed by atoms with Gasteiger partial charge in [0.1, 0.15) is 17.3 Å². The first-order valence-corrected chi connectivity index (χ1v) is 12.5. The number of hydrogen-bond donors (Lipinski definition) is 4. The molecule has 0 aliphatic carbocycles. The maximum absolute atomic E-state index is 12.0. The minimum Gasteiger partial charge on any atom is -0.358 e. The number of pyridine rings is 1. The molecule has 1 fully saturated rings. The number of piperazine rings is 1. The van der Waals surface area contributed by atoms with Gasteiger partial charge in [0.25, 0.3) is 0 Å². The number of rotatable bonds is 8. The number of nitrogens with one attached hydrogen (secondary N) is 4. The molecule has 1 amide bonds. The molecule has 4 N–H and O–H groups in total. The van der Waals surface area contributed by atoms with Crippen LogP contribution in [-0.2, 0) is 11.3 Å². The number of carbonyl (C=O) groups excluding carboxylic acids is 1. The molecule has 5 rings (SSSR count). The molecule has 1 aliphatic heterocycles. The van der Waals surface area contributed by atoms with Crippen LogP contribution in [0.4, 0.5) is 23.3 Å². The van der Waals surface area contributed by atoms with Crippen LogP contribution in [-0.4, -0.2) is 68.5 Å². The van der Waals surface area contributed by atoms with E-state index in [1.54, 1.807) is 31.6 Å².